The van der Waals surface area contributed by atoms with Crippen LogP contribution in [-0.4, -0.2) is 28.6 Å². The largest absolute Gasteiger partial charge is 0.496 e. The van der Waals surface area contributed by atoms with E-state index in [0.29, 0.717) is 6.54 Å². The second kappa shape index (κ2) is 5.86. The van der Waals surface area contributed by atoms with Gasteiger partial charge in [0.05, 0.1) is 26.5 Å². The first-order chi connectivity index (χ1) is 9.15. The van der Waals surface area contributed by atoms with Crippen LogP contribution in [0.4, 0.5) is 0 Å². The number of aromatic nitrogens is 2. The third-order valence-corrected chi connectivity index (χ3v) is 3.02. The highest BCUT2D eigenvalue weighted by Gasteiger charge is 2.11. The summed E-state index contributed by atoms with van der Waals surface area (Å²) < 4.78 is 7.08. The van der Waals surface area contributed by atoms with Crippen molar-refractivity contribution >= 4 is 0 Å². The van der Waals surface area contributed by atoms with E-state index in [4.69, 9.17) is 15.6 Å². The molecule has 0 unspecified atom stereocenters. The molecule has 5 nitrogen and oxygen atoms in total. The molecule has 0 bridgehead atoms. The molecule has 1 aromatic carbocycles. The molecule has 102 valence electrons. The Balaban J connectivity index is 2.42. The molecule has 0 fully saturated rings. The highest BCUT2D eigenvalue weighted by atomic mass is 16.5. The Hall–Kier alpha value is -1.85. The minimum atomic E-state index is -0.0304. The van der Waals surface area contributed by atoms with Gasteiger partial charge in [-0.2, -0.15) is 5.10 Å². The predicted octanol–water partition coefficient (Wildman–Crippen LogP) is 1.57. The smallest absolute Gasteiger partial charge is 0.126 e. The van der Waals surface area contributed by atoms with Crippen LogP contribution in [0.2, 0.25) is 0 Å². The Kier molecular flexibility index (Phi) is 4.19. The molecule has 2 aromatic rings. The number of rotatable bonds is 5. The first kappa shape index (κ1) is 13.6. The molecule has 0 radical (unpaired) electrons. The number of aliphatic hydroxyl groups excluding tert-OH is 1. The molecule has 0 aliphatic rings. The van der Waals surface area contributed by atoms with Crippen LogP contribution >= 0.6 is 0 Å². The fourth-order valence-corrected chi connectivity index (χ4v) is 1.96. The summed E-state index contributed by atoms with van der Waals surface area (Å²) in [6.07, 6.45) is 3.65. The Morgan fingerprint density at radius 3 is 2.89 bits per heavy atom. The van der Waals surface area contributed by atoms with Crippen LogP contribution in [-0.2, 0) is 6.54 Å². The van der Waals surface area contributed by atoms with Gasteiger partial charge in [0, 0.05) is 23.4 Å². The zero-order chi connectivity index (χ0) is 13.8. The van der Waals surface area contributed by atoms with Gasteiger partial charge in [0.2, 0.25) is 0 Å². The fraction of sp³-hybridized carbons (Fsp3) is 0.357. The Bertz CT molecular complexity index is 549. The molecule has 19 heavy (non-hydrogen) atoms. The van der Waals surface area contributed by atoms with Crippen LogP contribution in [0.25, 0.3) is 11.1 Å². The molecule has 0 saturated carbocycles. The van der Waals surface area contributed by atoms with Gasteiger partial charge in [-0.05, 0) is 24.6 Å². The Labute approximate surface area is 112 Å². The van der Waals surface area contributed by atoms with Crippen LogP contribution in [0, 0.1) is 0 Å². The van der Waals surface area contributed by atoms with Gasteiger partial charge in [0.25, 0.3) is 0 Å². The van der Waals surface area contributed by atoms with E-state index in [1.54, 1.807) is 18.0 Å². The van der Waals surface area contributed by atoms with E-state index in [1.807, 2.05) is 31.3 Å². The number of benzene rings is 1. The summed E-state index contributed by atoms with van der Waals surface area (Å²) in [7, 11) is 1.64. The van der Waals surface area contributed by atoms with Gasteiger partial charge in [-0.25, -0.2) is 0 Å². The zero-order valence-electron chi connectivity index (χ0n) is 11.2. The normalized spacial score (nSPS) is 12.4. The molecule has 0 saturated heterocycles. The third kappa shape index (κ3) is 2.94. The van der Waals surface area contributed by atoms with E-state index in [0.717, 1.165) is 22.4 Å². The summed E-state index contributed by atoms with van der Waals surface area (Å²) in [5.41, 5.74) is 8.87. The first-order valence-electron chi connectivity index (χ1n) is 6.23. The SMILES string of the molecule is COc1ccc([C@@H](C)N)cc1-c1cnn(CCO)c1. The van der Waals surface area contributed by atoms with Crippen molar-refractivity contribution < 1.29 is 9.84 Å². The van der Waals surface area contributed by atoms with Gasteiger partial charge in [-0.3, -0.25) is 4.68 Å². The van der Waals surface area contributed by atoms with E-state index in [9.17, 15) is 0 Å². The van der Waals surface area contributed by atoms with Crippen molar-refractivity contribution in [1.29, 1.82) is 0 Å². The van der Waals surface area contributed by atoms with Gasteiger partial charge < -0.3 is 15.6 Å². The lowest BCUT2D eigenvalue weighted by Gasteiger charge is -2.11. The standard InChI is InChI=1S/C14H19N3O2/c1-10(15)11-3-4-14(19-2)13(7-11)12-8-16-17(9-12)5-6-18/h3-4,7-10,18H,5-6,15H2,1-2H3/t10-/m1/s1. The number of hydrogen-bond acceptors (Lipinski definition) is 4. The number of ether oxygens (including phenoxy) is 1. The summed E-state index contributed by atoms with van der Waals surface area (Å²) in [5, 5.41) is 13.1. The van der Waals surface area contributed by atoms with Crippen molar-refractivity contribution in [2.45, 2.75) is 19.5 Å². The Morgan fingerprint density at radius 2 is 2.26 bits per heavy atom. The maximum atomic E-state index is 8.92. The number of aliphatic hydroxyl groups is 1. The minimum Gasteiger partial charge on any atom is -0.496 e. The van der Waals surface area contributed by atoms with E-state index < -0.39 is 0 Å². The van der Waals surface area contributed by atoms with Crippen LogP contribution < -0.4 is 10.5 Å². The van der Waals surface area contributed by atoms with Gasteiger partial charge in [-0.1, -0.05) is 6.07 Å². The number of methoxy groups -OCH3 is 1. The molecule has 0 aliphatic carbocycles. The lowest BCUT2D eigenvalue weighted by Crippen LogP contribution is -2.05. The Morgan fingerprint density at radius 1 is 1.47 bits per heavy atom. The average molecular weight is 261 g/mol. The predicted molar refractivity (Wildman–Crippen MR) is 73.9 cm³/mol. The molecule has 1 aromatic heterocycles. The third-order valence-electron chi connectivity index (χ3n) is 3.02. The van der Waals surface area contributed by atoms with Gasteiger partial charge in [-0.15, -0.1) is 0 Å². The molecule has 2 rings (SSSR count). The summed E-state index contributed by atoms with van der Waals surface area (Å²) >= 11 is 0. The van der Waals surface area contributed by atoms with Crippen LogP contribution in [0.3, 0.4) is 0 Å². The molecule has 1 atom stereocenters. The first-order valence-corrected chi connectivity index (χ1v) is 6.23. The molecule has 5 heteroatoms. The number of nitrogens with zero attached hydrogens (tertiary/aromatic N) is 2. The lowest BCUT2D eigenvalue weighted by atomic mass is 10.0. The topological polar surface area (TPSA) is 73.3 Å². The lowest BCUT2D eigenvalue weighted by molar-refractivity contribution is 0.269. The van der Waals surface area contributed by atoms with E-state index >= 15 is 0 Å². The number of hydrogen-bond donors (Lipinski definition) is 2. The van der Waals surface area contributed by atoms with Gasteiger partial charge in [0.15, 0.2) is 0 Å². The summed E-state index contributed by atoms with van der Waals surface area (Å²) in [4.78, 5) is 0. The van der Waals surface area contributed by atoms with Gasteiger partial charge in [0.1, 0.15) is 5.75 Å². The van der Waals surface area contributed by atoms with Crippen LogP contribution in [0.15, 0.2) is 30.6 Å². The molecule has 0 amide bonds. The maximum absolute atomic E-state index is 8.92. The van der Waals surface area contributed by atoms with Crippen LogP contribution in [0.5, 0.6) is 5.75 Å². The van der Waals surface area contributed by atoms with Crippen LogP contribution in [0.1, 0.15) is 18.5 Å². The molecule has 0 spiro atoms. The fourth-order valence-electron chi connectivity index (χ4n) is 1.96. The summed E-state index contributed by atoms with van der Waals surface area (Å²) in [6, 6.07) is 5.86. The van der Waals surface area contributed by atoms with Crippen molar-refractivity contribution in [3.8, 4) is 16.9 Å². The van der Waals surface area contributed by atoms with Crippen molar-refractivity contribution in [1.82, 2.24) is 9.78 Å². The summed E-state index contributed by atoms with van der Waals surface area (Å²) in [5.74, 6) is 0.785. The molecule has 3 N–H and O–H groups in total. The van der Waals surface area contributed by atoms with E-state index in [-0.39, 0.29) is 12.6 Å². The van der Waals surface area contributed by atoms with Crippen molar-refractivity contribution in [3.05, 3.63) is 36.2 Å². The average Bonchev–Trinajstić information content (AvgIpc) is 2.87. The van der Waals surface area contributed by atoms with Crippen molar-refractivity contribution in [2.75, 3.05) is 13.7 Å². The zero-order valence-corrected chi connectivity index (χ0v) is 11.2. The maximum Gasteiger partial charge on any atom is 0.126 e. The molecular weight excluding hydrogens is 242 g/mol. The second-order valence-corrected chi connectivity index (χ2v) is 4.46. The summed E-state index contributed by atoms with van der Waals surface area (Å²) in [6.45, 7) is 2.49. The molecule has 0 aliphatic heterocycles. The second-order valence-electron chi connectivity index (χ2n) is 4.46. The molecular formula is C14H19N3O2. The van der Waals surface area contributed by atoms with Gasteiger partial charge >= 0.3 is 0 Å². The quantitative estimate of drug-likeness (QED) is 0.857. The minimum absolute atomic E-state index is 0.0304. The monoisotopic (exact) mass is 261 g/mol. The van der Waals surface area contributed by atoms with E-state index in [1.165, 1.54) is 0 Å². The highest BCUT2D eigenvalue weighted by Crippen LogP contribution is 2.31. The highest BCUT2D eigenvalue weighted by molar-refractivity contribution is 5.70. The van der Waals surface area contributed by atoms with Crippen molar-refractivity contribution in [3.63, 3.8) is 0 Å². The number of nitrogens with two attached hydrogens (primary N) is 1. The van der Waals surface area contributed by atoms with E-state index in [2.05, 4.69) is 5.10 Å². The molecule has 1 heterocycles. The van der Waals surface area contributed by atoms with Crippen molar-refractivity contribution in [2.24, 2.45) is 5.73 Å².